The third kappa shape index (κ3) is 5.65. The van der Waals surface area contributed by atoms with Crippen molar-refractivity contribution in [3.8, 4) is 0 Å². The zero-order valence-electron chi connectivity index (χ0n) is 18.0. The number of nitrogens with one attached hydrogen (secondary N) is 2. The molecule has 0 spiro atoms. The molecule has 10 heteroatoms. The van der Waals surface area contributed by atoms with Gasteiger partial charge in [0.2, 0.25) is 0 Å². The van der Waals surface area contributed by atoms with Gasteiger partial charge in [-0.2, -0.15) is 0 Å². The normalized spacial score (nSPS) is 12.6. The maximum atomic E-state index is 11.8. The molecule has 0 amide bonds. The van der Waals surface area contributed by atoms with Crippen LogP contribution in [0.15, 0.2) is 65.9 Å². The number of carbonyl (C=O) groups is 1. The van der Waals surface area contributed by atoms with Gasteiger partial charge >= 0.3 is 5.97 Å². The number of nitrogens with two attached hydrogens (primary N) is 1. The summed E-state index contributed by atoms with van der Waals surface area (Å²) < 4.78 is 0. The molecule has 0 aliphatic carbocycles. The fourth-order valence-electron chi connectivity index (χ4n) is 3.59. The molecule has 4 rings (SSSR count). The third-order valence-electron chi connectivity index (χ3n) is 5.23. The minimum absolute atomic E-state index is 0.235. The van der Waals surface area contributed by atoms with Gasteiger partial charge in [0.25, 0.3) is 0 Å². The van der Waals surface area contributed by atoms with Crippen molar-refractivity contribution < 1.29 is 9.90 Å². The van der Waals surface area contributed by atoms with E-state index in [2.05, 4.69) is 25.6 Å². The van der Waals surface area contributed by atoms with Gasteiger partial charge in [0.15, 0.2) is 5.96 Å². The average molecular weight is 497 g/mol. The number of hydrogen-bond donors (Lipinski definition) is 4. The Morgan fingerprint density at radius 3 is 2.18 bits per heavy atom. The van der Waals surface area contributed by atoms with E-state index in [4.69, 9.17) is 28.9 Å². The number of guanidine groups is 1. The Hall–Kier alpha value is -3.62. The Labute approximate surface area is 205 Å². The van der Waals surface area contributed by atoms with Crippen LogP contribution in [0, 0.1) is 0 Å². The first-order valence-electron chi connectivity index (χ1n) is 10.6. The summed E-state index contributed by atoms with van der Waals surface area (Å²) in [6, 6.07) is 13.5. The lowest BCUT2D eigenvalue weighted by molar-refractivity contribution is -0.138. The summed E-state index contributed by atoms with van der Waals surface area (Å²) in [5, 5.41) is 18.7. The number of carboxylic acids is 1. The maximum Gasteiger partial charge on any atom is 0.326 e. The standard InChI is InChI=1S/C24H22Cl2N6O2/c25-14-3-5-16-18(7-10-28-21(16)12-14)31-20(23(33)34)2-1-9-30-24(27)32-19-8-11-29-22-13-15(26)4-6-17(19)22/h3-8,10-13,20H,1-2,9H2,(H,28,31)(H,33,34)(H3,27,29,30,32). The van der Waals surface area contributed by atoms with Crippen molar-refractivity contribution in [2.45, 2.75) is 18.9 Å². The minimum Gasteiger partial charge on any atom is -0.480 e. The molecule has 0 aliphatic rings. The van der Waals surface area contributed by atoms with Crippen molar-refractivity contribution in [3.63, 3.8) is 0 Å². The summed E-state index contributed by atoms with van der Waals surface area (Å²) in [5.74, 6) is -0.713. The average Bonchev–Trinajstić information content (AvgIpc) is 2.80. The number of anilines is 2. The lowest BCUT2D eigenvalue weighted by Gasteiger charge is -2.17. The van der Waals surface area contributed by atoms with Crippen LogP contribution in [-0.2, 0) is 4.79 Å². The summed E-state index contributed by atoms with van der Waals surface area (Å²) >= 11 is 12.1. The summed E-state index contributed by atoms with van der Waals surface area (Å²) in [4.78, 5) is 24.7. The van der Waals surface area contributed by atoms with Crippen LogP contribution in [0.5, 0.6) is 0 Å². The fourth-order valence-corrected chi connectivity index (χ4v) is 3.93. The van der Waals surface area contributed by atoms with E-state index in [0.29, 0.717) is 40.6 Å². The van der Waals surface area contributed by atoms with E-state index in [9.17, 15) is 9.90 Å². The van der Waals surface area contributed by atoms with Crippen molar-refractivity contribution in [1.82, 2.24) is 9.97 Å². The monoisotopic (exact) mass is 496 g/mol. The number of pyridine rings is 2. The number of aliphatic imine (C=N–C) groups is 1. The first-order chi connectivity index (χ1) is 16.4. The molecule has 2 aromatic carbocycles. The van der Waals surface area contributed by atoms with Crippen LogP contribution in [0.3, 0.4) is 0 Å². The molecule has 0 saturated carbocycles. The van der Waals surface area contributed by atoms with Crippen LogP contribution in [0.4, 0.5) is 11.4 Å². The molecule has 174 valence electrons. The molecule has 1 atom stereocenters. The second-order valence-electron chi connectivity index (χ2n) is 7.61. The fraction of sp³-hybridized carbons (Fsp3) is 0.167. The molecule has 1 unspecified atom stereocenters. The summed E-state index contributed by atoms with van der Waals surface area (Å²) in [5.41, 5.74) is 8.92. The first kappa shape index (κ1) is 23.5. The van der Waals surface area contributed by atoms with Gasteiger partial charge in [0, 0.05) is 45.4 Å². The predicted octanol–water partition coefficient (Wildman–Crippen LogP) is 5.16. The number of carboxylic acid groups (broad SMARTS) is 1. The molecule has 0 saturated heterocycles. The van der Waals surface area contributed by atoms with Crippen molar-refractivity contribution in [3.05, 3.63) is 71.0 Å². The van der Waals surface area contributed by atoms with Crippen molar-refractivity contribution in [2.75, 3.05) is 17.2 Å². The molecule has 8 nitrogen and oxygen atoms in total. The SMILES string of the molecule is NC(=NCCCC(Nc1ccnc2cc(Cl)ccc12)C(=O)O)Nc1ccnc2cc(Cl)ccc12. The van der Waals surface area contributed by atoms with Crippen LogP contribution >= 0.6 is 23.2 Å². The Morgan fingerprint density at radius 2 is 1.56 bits per heavy atom. The second-order valence-corrected chi connectivity index (χ2v) is 8.48. The smallest absolute Gasteiger partial charge is 0.326 e. The van der Waals surface area contributed by atoms with E-state index < -0.39 is 12.0 Å². The van der Waals surface area contributed by atoms with Gasteiger partial charge in [-0.05, 0) is 61.4 Å². The van der Waals surface area contributed by atoms with E-state index in [1.54, 1.807) is 48.8 Å². The molecule has 0 bridgehead atoms. The lowest BCUT2D eigenvalue weighted by Crippen LogP contribution is -2.29. The van der Waals surface area contributed by atoms with Crippen molar-refractivity contribution in [2.24, 2.45) is 10.7 Å². The molecule has 4 aromatic rings. The molecule has 2 heterocycles. The van der Waals surface area contributed by atoms with E-state index in [0.717, 1.165) is 22.0 Å². The number of hydrogen-bond acceptors (Lipinski definition) is 5. The van der Waals surface area contributed by atoms with E-state index >= 15 is 0 Å². The molecule has 2 aromatic heterocycles. The lowest BCUT2D eigenvalue weighted by atomic mass is 10.1. The Balaban J connectivity index is 1.37. The third-order valence-corrected chi connectivity index (χ3v) is 5.70. The number of halogens is 2. The van der Waals surface area contributed by atoms with Crippen LogP contribution in [0.2, 0.25) is 10.0 Å². The van der Waals surface area contributed by atoms with Crippen molar-refractivity contribution in [1.29, 1.82) is 0 Å². The maximum absolute atomic E-state index is 11.8. The Bertz CT molecular complexity index is 1380. The number of nitrogens with zero attached hydrogens (tertiary/aromatic N) is 3. The highest BCUT2D eigenvalue weighted by molar-refractivity contribution is 6.31. The number of aliphatic carboxylic acids is 1. The van der Waals surface area contributed by atoms with Gasteiger partial charge in [-0.3, -0.25) is 15.0 Å². The van der Waals surface area contributed by atoms with Gasteiger partial charge in [0.05, 0.1) is 16.7 Å². The highest BCUT2D eigenvalue weighted by atomic mass is 35.5. The minimum atomic E-state index is -0.948. The summed E-state index contributed by atoms with van der Waals surface area (Å²) in [6.45, 7) is 0.367. The summed E-state index contributed by atoms with van der Waals surface area (Å²) in [7, 11) is 0. The zero-order valence-corrected chi connectivity index (χ0v) is 19.5. The van der Waals surface area contributed by atoms with Crippen LogP contribution in [0.1, 0.15) is 12.8 Å². The molecule has 0 radical (unpaired) electrons. The van der Waals surface area contributed by atoms with Gasteiger partial charge < -0.3 is 21.5 Å². The molecular formula is C24H22Cl2N6O2. The van der Waals surface area contributed by atoms with Crippen LogP contribution in [0.25, 0.3) is 21.8 Å². The number of aromatic nitrogens is 2. The van der Waals surface area contributed by atoms with Gasteiger partial charge in [-0.25, -0.2) is 4.79 Å². The molecular weight excluding hydrogens is 475 g/mol. The van der Waals surface area contributed by atoms with Crippen molar-refractivity contribution >= 4 is 68.3 Å². The van der Waals surface area contributed by atoms with Crippen LogP contribution in [-0.4, -0.2) is 39.6 Å². The number of fused-ring (bicyclic) bond motifs is 2. The zero-order chi connectivity index (χ0) is 24.1. The van der Waals surface area contributed by atoms with Gasteiger partial charge in [-0.1, -0.05) is 23.2 Å². The quantitative estimate of drug-likeness (QED) is 0.151. The summed E-state index contributed by atoms with van der Waals surface area (Å²) in [6.07, 6.45) is 4.16. The highest BCUT2D eigenvalue weighted by Gasteiger charge is 2.18. The van der Waals surface area contributed by atoms with E-state index in [1.165, 1.54) is 0 Å². The number of rotatable bonds is 8. The van der Waals surface area contributed by atoms with E-state index in [-0.39, 0.29) is 5.96 Å². The van der Waals surface area contributed by atoms with E-state index in [1.807, 2.05) is 12.1 Å². The highest BCUT2D eigenvalue weighted by Crippen LogP contribution is 2.26. The molecule has 5 N–H and O–H groups in total. The largest absolute Gasteiger partial charge is 0.480 e. The predicted molar refractivity (Wildman–Crippen MR) is 138 cm³/mol. The second kappa shape index (κ2) is 10.5. The van der Waals surface area contributed by atoms with Gasteiger partial charge in [0.1, 0.15) is 6.04 Å². The molecule has 0 aliphatic heterocycles. The first-order valence-corrected chi connectivity index (χ1v) is 11.3. The Morgan fingerprint density at radius 1 is 0.971 bits per heavy atom. The van der Waals surface area contributed by atoms with Crippen LogP contribution < -0.4 is 16.4 Å². The Kier molecular flexibility index (Phi) is 7.30. The van der Waals surface area contributed by atoms with Gasteiger partial charge in [-0.15, -0.1) is 0 Å². The number of benzene rings is 2. The molecule has 0 fully saturated rings. The topological polar surface area (TPSA) is 126 Å². The molecule has 34 heavy (non-hydrogen) atoms.